The van der Waals surface area contributed by atoms with Gasteiger partial charge >= 0.3 is 0 Å². The largest absolute Gasteiger partial charge is 0.370 e. The molecule has 0 aromatic carbocycles. The lowest BCUT2D eigenvalue weighted by molar-refractivity contribution is -0.146. The zero-order valence-electron chi connectivity index (χ0n) is 6.46. The molecule has 3 nitrogen and oxygen atoms in total. The summed E-state index contributed by atoms with van der Waals surface area (Å²) in [6.07, 6.45) is 0. The molecule has 1 aliphatic rings. The Morgan fingerprint density at radius 3 is 2.90 bits per heavy atom. The van der Waals surface area contributed by atoms with Crippen LogP contribution in [0.25, 0.3) is 0 Å². The molecule has 58 valence electrons. The van der Waals surface area contributed by atoms with Crippen molar-refractivity contribution in [1.82, 2.24) is 4.90 Å². The fourth-order valence-corrected chi connectivity index (χ4v) is 1.22. The third-order valence-corrected chi connectivity index (χ3v) is 1.78. The molecule has 1 aliphatic heterocycles. The van der Waals surface area contributed by atoms with E-state index in [0.29, 0.717) is 6.61 Å². The van der Waals surface area contributed by atoms with Crippen LogP contribution >= 0.6 is 0 Å². The highest BCUT2D eigenvalue weighted by atomic mass is 16.5. The minimum atomic E-state index is 0.112. The van der Waals surface area contributed by atoms with Crippen molar-refractivity contribution in [3.63, 3.8) is 0 Å². The minimum Gasteiger partial charge on any atom is -0.370 e. The fraction of sp³-hybridized carbons (Fsp3) is 0.857. The SMILES string of the molecule is CCN1C(=O)COC[C@@H]1C. The van der Waals surface area contributed by atoms with E-state index < -0.39 is 0 Å². The molecular formula is C7H13NO2. The Morgan fingerprint density at radius 2 is 2.50 bits per heavy atom. The van der Waals surface area contributed by atoms with Crippen molar-refractivity contribution in [3.05, 3.63) is 0 Å². The van der Waals surface area contributed by atoms with Crippen LogP contribution in [0.2, 0.25) is 0 Å². The summed E-state index contributed by atoms with van der Waals surface area (Å²) in [6.45, 7) is 5.72. The molecule has 1 heterocycles. The third kappa shape index (κ3) is 1.29. The number of carbonyl (C=O) groups excluding carboxylic acids is 1. The Balaban J connectivity index is 2.53. The Bertz CT molecular complexity index is 136. The number of carbonyl (C=O) groups is 1. The molecular weight excluding hydrogens is 130 g/mol. The number of ether oxygens (including phenoxy) is 1. The number of nitrogens with zero attached hydrogens (tertiary/aromatic N) is 1. The van der Waals surface area contributed by atoms with Crippen molar-refractivity contribution in [1.29, 1.82) is 0 Å². The summed E-state index contributed by atoms with van der Waals surface area (Å²) >= 11 is 0. The third-order valence-electron chi connectivity index (χ3n) is 1.78. The lowest BCUT2D eigenvalue weighted by atomic mass is 10.2. The van der Waals surface area contributed by atoms with Gasteiger partial charge in [-0.25, -0.2) is 0 Å². The van der Waals surface area contributed by atoms with Crippen LogP contribution in [-0.2, 0) is 9.53 Å². The fourth-order valence-electron chi connectivity index (χ4n) is 1.22. The summed E-state index contributed by atoms with van der Waals surface area (Å²) in [5.74, 6) is 0.112. The van der Waals surface area contributed by atoms with Gasteiger partial charge in [-0.2, -0.15) is 0 Å². The lowest BCUT2D eigenvalue weighted by Gasteiger charge is -2.31. The van der Waals surface area contributed by atoms with Crippen LogP contribution in [0.3, 0.4) is 0 Å². The van der Waals surface area contributed by atoms with E-state index in [0.717, 1.165) is 6.54 Å². The molecule has 1 amide bonds. The summed E-state index contributed by atoms with van der Waals surface area (Å²) in [7, 11) is 0. The van der Waals surface area contributed by atoms with Gasteiger partial charge in [-0.05, 0) is 13.8 Å². The molecule has 1 saturated heterocycles. The van der Waals surface area contributed by atoms with E-state index in [4.69, 9.17) is 4.74 Å². The molecule has 0 bridgehead atoms. The van der Waals surface area contributed by atoms with Crippen LogP contribution < -0.4 is 0 Å². The van der Waals surface area contributed by atoms with Gasteiger partial charge in [0.05, 0.1) is 12.6 Å². The van der Waals surface area contributed by atoms with Crippen LogP contribution in [-0.4, -0.2) is 36.6 Å². The van der Waals surface area contributed by atoms with Gasteiger partial charge in [-0.15, -0.1) is 0 Å². The zero-order chi connectivity index (χ0) is 7.56. The molecule has 3 heteroatoms. The molecule has 1 fully saturated rings. The van der Waals surface area contributed by atoms with Crippen molar-refractivity contribution in [2.45, 2.75) is 19.9 Å². The van der Waals surface area contributed by atoms with Gasteiger partial charge in [-0.3, -0.25) is 4.79 Å². The quantitative estimate of drug-likeness (QED) is 0.526. The first kappa shape index (κ1) is 7.54. The smallest absolute Gasteiger partial charge is 0.248 e. The predicted molar refractivity (Wildman–Crippen MR) is 37.7 cm³/mol. The zero-order valence-corrected chi connectivity index (χ0v) is 6.46. The molecule has 0 N–H and O–H groups in total. The highest BCUT2D eigenvalue weighted by Gasteiger charge is 2.22. The molecule has 1 atom stereocenters. The second kappa shape index (κ2) is 3.01. The van der Waals surface area contributed by atoms with Gasteiger partial charge in [0.1, 0.15) is 6.61 Å². The Labute approximate surface area is 61.0 Å². The first-order valence-electron chi connectivity index (χ1n) is 3.63. The first-order chi connectivity index (χ1) is 4.75. The van der Waals surface area contributed by atoms with E-state index in [9.17, 15) is 4.79 Å². The summed E-state index contributed by atoms with van der Waals surface area (Å²) in [6, 6.07) is 0.256. The van der Waals surface area contributed by atoms with Crippen molar-refractivity contribution >= 4 is 5.91 Å². The van der Waals surface area contributed by atoms with Gasteiger partial charge < -0.3 is 9.64 Å². The topological polar surface area (TPSA) is 29.5 Å². The summed E-state index contributed by atoms with van der Waals surface area (Å²) in [5, 5.41) is 0. The van der Waals surface area contributed by atoms with Crippen LogP contribution in [0.15, 0.2) is 0 Å². The molecule has 0 radical (unpaired) electrons. The molecule has 0 aromatic rings. The number of amides is 1. The highest BCUT2D eigenvalue weighted by Crippen LogP contribution is 2.05. The number of hydrogen-bond acceptors (Lipinski definition) is 2. The standard InChI is InChI=1S/C7H13NO2/c1-3-8-6(2)4-10-5-7(8)9/h6H,3-5H2,1-2H3/t6-/m0/s1. The summed E-state index contributed by atoms with van der Waals surface area (Å²) in [4.78, 5) is 12.9. The maximum atomic E-state index is 11.0. The van der Waals surface area contributed by atoms with Crippen LogP contribution in [0, 0.1) is 0 Å². The number of likely N-dealkylation sites (N-methyl/N-ethyl adjacent to an activating group) is 1. The van der Waals surface area contributed by atoms with E-state index in [1.807, 2.05) is 18.7 Å². The van der Waals surface area contributed by atoms with Crippen molar-refractivity contribution in [2.24, 2.45) is 0 Å². The number of rotatable bonds is 1. The Hall–Kier alpha value is -0.570. The van der Waals surface area contributed by atoms with E-state index >= 15 is 0 Å². The average Bonchev–Trinajstić information content (AvgIpc) is 1.88. The maximum absolute atomic E-state index is 11.0. The molecule has 0 saturated carbocycles. The van der Waals surface area contributed by atoms with Crippen molar-refractivity contribution in [3.8, 4) is 0 Å². The van der Waals surface area contributed by atoms with Gasteiger partial charge in [-0.1, -0.05) is 0 Å². The van der Waals surface area contributed by atoms with Crippen LogP contribution in [0.1, 0.15) is 13.8 Å². The monoisotopic (exact) mass is 143 g/mol. The van der Waals surface area contributed by atoms with Crippen LogP contribution in [0.4, 0.5) is 0 Å². The van der Waals surface area contributed by atoms with E-state index in [2.05, 4.69) is 0 Å². The van der Waals surface area contributed by atoms with Crippen molar-refractivity contribution in [2.75, 3.05) is 19.8 Å². The normalized spacial score (nSPS) is 27.2. The average molecular weight is 143 g/mol. The molecule has 0 aliphatic carbocycles. The molecule has 1 rings (SSSR count). The van der Waals surface area contributed by atoms with Crippen molar-refractivity contribution < 1.29 is 9.53 Å². The predicted octanol–water partition coefficient (Wildman–Crippen LogP) is 0.254. The van der Waals surface area contributed by atoms with Gasteiger partial charge in [0.25, 0.3) is 0 Å². The molecule has 0 unspecified atom stereocenters. The summed E-state index contributed by atoms with van der Waals surface area (Å²) < 4.78 is 5.03. The minimum absolute atomic E-state index is 0.112. The second-order valence-corrected chi connectivity index (χ2v) is 2.54. The highest BCUT2D eigenvalue weighted by molar-refractivity contribution is 5.78. The summed E-state index contributed by atoms with van der Waals surface area (Å²) in [5.41, 5.74) is 0. The molecule has 0 aromatic heterocycles. The van der Waals surface area contributed by atoms with E-state index in [1.165, 1.54) is 0 Å². The lowest BCUT2D eigenvalue weighted by Crippen LogP contribution is -2.47. The maximum Gasteiger partial charge on any atom is 0.248 e. The van der Waals surface area contributed by atoms with Crippen LogP contribution in [0.5, 0.6) is 0 Å². The Morgan fingerprint density at radius 1 is 1.80 bits per heavy atom. The van der Waals surface area contributed by atoms with Gasteiger partial charge in [0, 0.05) is 6.54 Å². The van der Waals surface area contributed by atoms with E-state index in [-0.39, 0.29) is 18.6 Å². The number of morpholine rings is 1. The van der Waals surface area contributed by atoms with E-state index in [1.54, 1.807) is 0 Å². The molecule has 0 spiro atoms. The first-order valence-corrected chi connectivity index (χ1v) is 3.63. The number of hydrogen-bond donors (Lipinski definition) is 0. The molecule has 10 heavy (non-hydrogen) atoms. The van der Waals surface area contributed by atoms with Gasteiger partial charge in [0.15, 0.2) is 0 Å². The Kier molecular flexibility index (Phi) is 2.27. The van der Waals surface area contributed by atoms with Gasteiger partial charge in [0.2, 0.25) is 5.91 Å². The second-order valence-electron chi connectivity index (χ2n) is 2.54.